The molecule has 0 heterocycles. The number of aliphatic carboxylic acids is 1. The molecule has 0 radical (unpaired) electrons. The largest absolute Gasteiger partial charge is 0.573 e. The molecule has 1 aromatic carbocycles. The van der Waals surface area contributed by atoms with Gasteiger partial charge >= 0.3 is 12.3 Å². The first-order valence-electron chi connectivity index (χ1n) is 11.8. The molecule has 1 aromatic rings. The third-order valence-corrected chi connectivity index (χ3v) is 7.71. The molecule has 0 unspecified atom stereocenters. The van der Waals surface area contributed by atoms with Crippen LogP contribution >= 0.6 is 0 Å². The average molecular weight is 441 g/mol. The van der Waals surface area contributed by atoms with E-state index < -0.39 is 17.7 Å². The molecule has 2 aliphatic carbocycles. The second kappa shape index (κ2) is 10.3. The van der Waals surface area contributed by atoms with Crippen molar-refractivity contribution in [2.75, 3.05) is 0 Å². The number of halogens is 3. The number of carbonyl (C=O) groups is 1. The molecule has 2 fully saturated rings. The monoisotopic (exact) mass is 440 g/mol. The molecule has 6 heteroatoms. The number of unbranched alkanes of at least 4 members (excludes halogenated alkanes) is 2. The van der Waals surface area contributed by atoms with Gasteiger partial charge in [-0.15, -0.1) is 13.2 Å². The van der Waals surface area contributed by atoms with E-state index in [0.717, 1.165) is 18.8 Å². The van der Waals surface area contributed by atoms with Crippen LogP contribution in [0.5, 0.6) is 5.75 Å². The Kier molecular flexibility index (Phi) is 7.92. The van der Waals surface area contributed by atoms with Crippen LogP contribution in [0.2, 0.25) is 0 Å². The third-order valence-electron chi connectivity index (χ3n) is 7.71. The highest BCUT2D eigenvalue weighted by atomic mass is 19.4. The molecule has 2 saturated carbocycles. The topological polar surface area (TPSA) is 46.5 Å². The fourth-order valence-electron chi connectivity index (χ4n) is 5.84. The predicted octanol–water partition coefficient (Wildman–Crippen LogP) is 7.48. The summed E-state index contributed by atoms with van der Waals surface area (Å²) in [6.45, 7) is 2.24. The highest BCUT2D eigenvalue weighted by Crippen LogP contribution is 2.47. The Balaban J connectivity index is 1.57. The lowest BCUT2D eigenvalue weighted by molar-refractivity contribution is -0.274. The summed E-state index contributed by atoms with van der Waals surface area (Å²) in [5.74, 6) is 0.923. The van der Waals surface area contributed by atoms with Crippen LogP contribution in [0.15, 0.2) is 24.3 Å². The molecule has 0 spiro atoms. The van der Waals surface area contributed by atoms with E-state index in [9.17, 15) is 23.1 Å². The average Bonchev–Trinajstić information content (AvgIpc) is 2.74. The van der Waals surface area contributed by atoms with E-state index >= 15 is 0 Å². The van der Waals surface area contributed by atoms with E-state index in [0.29, 0.717) is 30.2 Å². The van der Waals surface area contributed by atoms with Gasteiger partial charge in [0.1, 0.15) is 5.75 Å². The normalized spacial score (nSPS) is 29.5. The summed E-state index contributed by atoms with van der Waals surface area (Å²) in [4.78, 5) is 12.2. The lowest BCUT2D eigenvalue weighted by Gasteiger charge is -2.42. The van der Waals surface area contributed by atoms with Crippen molar-refractivity contribution in [2.24, 2.45) is 17.8 Å². The number of carboxylic acids is 1. The molecule has 0 bridgehead atoms. The molecule has 0 aliphatic heterocycles. The van der Waals surface area contributed by atoms with Crippen LogP contribution in [0.4, 0.5) is 13.2 Å². The van der Waals surface area contributed by atoms with Gasteiger partial charge in [-0.05, 0) is 74.0 Å². The Morgan fingerprint density at radius 1 is 1.00 bits per heavy atom. The number of benzene rings is 1. The lowest BCUT2D eigenvalue weighted by Crippen LogP contribution is -2.41. The van der Waals surface area contributed by atoms with Crippen LogP contribution in [0, 0.1) is 17.8 Å². The van der Waals surface area contributed by atoms with Gasteiger partial charge in [0, 0.05) is 0 Å². The molecule has 0 atom stereocenters. The zero-order valence-electron chi connectivity index (χ0n) is 18.4. The Morgan fingerprint density at radius 2 is 1.58 bits per heavy atom. The molecule has 3 nitrogen and oxygen atoms in total. The minimum atomic E-state index is -4.75. The van der Waals surface area contributed by atoms with Crippen LogP contribution in [-0.2, 0) is 10.2 Å². The van der Waals surface area contributed by atoms with Gasteiger partial charge < -0.3 is 9.84 Å². The van der Waals surface area contributed by atoms with Crippen molar-refractivity contribution in [2.45, 2.75) is 95.8 Å². The maximum atomic E-state index is 12.4. The summed E-state index contributed by atoms with van der Waals surface area (Å²) in [7, 11) is 0. The highest BCUT2D eigenvalue weighted by Gasteiger charge is 2.45. The van der Waals surface area contributed by atoms with Gasteiger partial charge in [0.2, 0.25) is 0 Å². The molecule has 0 aromatic heterocycles. The van der Waals surface area contributed by atoms with E-state index in [1.54, 1.807) is 0 Å². The van der Waals surface area contributed by atoms with E-state index in [4.69, 9.17) is 0 Å². The van der Waals surface area contributed by atoms with E-state index in [1.165, 1.54) is 75.6 Å². The van der Waals surface area contributed by atoms with E-state index in [-0.39, 0.29) is 5.75 Å². The zero-order chi connectivity index (χ0) is 22.5. The van der Waals surface area contributed by atoms with Crippen molar-refractivity contribution < 1.29 is 27.8 Å². The Hall–Kier alpha value is -1.72. The molecular formula is C25H35F3O3. The van der Waals surface area contributed by atoms with Crippen molar-refractivity contribution >= 4 is 5.97 Å². The minimum absolute atomic E-state index is 0.318. The van der Waals surface area contributed by atoms with Crippen molar-refractivity contribution in [1.29, 1.82) is 0 Å². The summed E-state index contributed by atoms with van der Waals surface area (Å²) in [5.41, 5.74) is -0.433. The number of alkyl halides is 3. The van der Waals surface area contributed by atoms with Crippen molar-refractivity contribution in [1.82, 2.24) is 0 Å². The Labute approximate surface area is 183 Å². The van der Waals surface area contributed by atoms with Gasteiger partial charge in [-0.2, -0.15) is 0 Å². The maximum Gasteiger partial charge on any atom is 0.573 e. The summed E-state index contributed by atoms with van der Waals surface area (Å²) in [6.07, 6.45) is 8.47. The van der Waals surface area contributed by atoms with Gasteiger partial charge in [0.25, 0.3) is 0 Å². The van der Waals surface area contributed by atoms with Gasteiger partial charge in [-0.1, -0.05) is 57.6 Å². The Bertz CT molecular complexity index is 698. The molecule has 31 heavy (non-hydrogen) atoms. The predicted molar refractivity (Wildman–Crippen MR) is 114 cm³/mol. The molecule has 3 rings (SSSR count). The van der Waals surface area contributed by atoms with Crippen LogP contribution < -0.4 is 4.74 Å². The van der Waals surface area contributed by atoms with Gasteiger partial charge in [0.15, 0.2) is 0 Å². The summed E-state index contributed by atoms with van der Waals surface area (Å²) in [6, 6.07) is 5.41. The Morgan fingerprint density at radius 3 is 2.10 bits per heavy atom. The number of rotatable bonds is 8. The second-order valence-corrected chi connectivity index (χ2v) is 9.57. The van der Waals surface area contributed by atoms with Crippen LogP contribution in [0.1, 0.15) is 89.5 Å². The van der Waals surface area contributed by atoms with Gasteiger partial charge in [-0.3, -0.25) is 4.79 Å². The minimum Gasteiger partial charge on any atom is -0.481 e. The molecule has 0 amide bonds. The first-order valence-corrected chi connectivity index (χ1v) is 11.8. The van der Waals surface area contributed by atoms with Crippen LogP contribution in [0.25, 0.3) is 0 Å². The fourth-order valence-corrected chi connectivity index (χ4v) is 5.84. The molecular weight excluding hydrogens is 405 g/mol. The second-order valence-electron chi connectivity index (χ2n) is 9.57. The first kappa shape index (κ1) is 23.9. The van der Waals surface area contributed by atoms with Crippen LogP contribution in [0.3, 0.4) is 0 Å². The quantitative estimate of drug-likeness (QED) is 0.426. The van der Waals surface area contributed by atoms with E-state index in [2.05, 4.69) is 11.7 Å². The van der Waals surface area contributed by atoms with Gasteiger partial charge in [-0.25, -0.2) is 0 Å². The molecule has 174 valence electrons. The molecule has 2 aliphatic rings. The SMILES string of the molecule is CCCCCC1CCC(C2CCC(C(=O)O)(c3ccc(OC(F)(F)F)cc3)CC2)CC1. The zero-order valence-corrected chi connectivity index (χ0v) is 18.4. The number of hydrogen-bond acceptors (Lipinski definition) is 2. The fraction of sp³-hybridized carbons (Fsp3) is 0.720. The summed E-state index contributed by atoms with van der Waals surface area (Å²) in [5, 5.41) is 10.0. The maximum absolute atomic E-state index is 12.4. The van der Waals surface area contributed by atoms with Crippen molar-refractivity contribution in [3.8, 4) is 5.75 Å². The standard InChI is InChI=1S/C25H35F3O3/c1-2-3-4-5-18-6-8-19(9-7-18)20-14-16-24(17-15-20,23(29)30)21-10-12-22(13-11-21)31-25(26,27)28/h10-13,18-20H,2-9,14-17H2,1H3,(H,29,30). The van der Waals surface area contributed by atoms with Crippen molar-refractivity contribution in [3.05, 3.63) is 29.8 Å². The number of ether oxygens (including phenoxy) is 1. The highest BCUT2D eigenvalue weighted by molar-refractivity contribution is 5.81. The first-order chi connectivity index (χ1) is 14.7. The summed E-state index contributed by atoms with van der Waals surface area (Å²) < 4.78 is 41.1. The number of hydrogen-bond donors (Lipinski definition) is 1. The molecule has 0 saturated heterocycles. The van der Waals surface area contributed by atoms with E-state index in [1.807, 2.05) is 0 Å². The lowest BCUT2D eigenvalue weighted by atomic mass is 9.62. The van der Waals surface area contributed by atoms with Gasteiger partial charge in [0.05, 0.1) is 5.41 Å². The number of carboxylic acid groups (broad SMARTS) is 1. The third kappa shape index (κ3) is 6.17. The smallest absolute Gasteiger partial charge is 0.481 e. The molecule has 1 N–H and O–H groups in total. The van der Waals surface area contributed by atoms with Crippen molar-refractivity contribution in [3.63, 3.8) is 0 Å². The summed E-state index contributed by atoms with van der Waals surface area (Å²) >= 11 is 0. The van der Waals surface area contributed by atoms with Crippen LogP contribution in [-0.4, -0.2) is 17.4 Å².